The van der Waals surface area contributed by atoms with Crippen molar-refractivity contribution in [3.63, 3.8) is 0 Å². The lowest BCUT2D eigenvalue weighted by molar-refractivity contribution is -0.115. The Morgan fingerprint density at radius 2 is 1.89 bits per heavy atom. The number of benzene rings is 1. The Bertz CT molecular complexity index is 759. The molecule has 1 saturated heterocycles. The zero-order chi connectivity index (χ0) is 18.7. The molecule has 1 aromatic carbocycles. The predicted octanol–water partition coefficient (Wildman–Crippen LogP) is 3.55. The monoisotopic (exact) mass is 383 g/mol. The molecule has 1 aromatic rings. The standard InChI is InChI=1S/C21H25N3O2S/c22-15-17-18(24-11-13-26-14-12-24)19(27-21(17)9-5-2-6-10-21)20(25)23-16-7-3-1-4-8-16/h1,3-4,7-8,19H,2,5-6,9-14H2,(H,23,25). The molecule has 0 bridgehead atoms. The van der Waals surface area contributed by atoms with E-state index >= 15 is 0 Å². The van der Waals surface area contributed by atoms with Gasteiger partial charge in [0.25, 0.3) is 0 Å². The second-order valence-corrected chi connectivity index (χ2v) is 8.87. The van der Waals surface area contributed by atoms with Gasteiger partial charge in [0.15, 0.2) is 0 Å². The molecule has 1 aliphatic carbocycles. The van der Waals surface area contributed by atoms with Gasteiger partial charge >= 0.3 is 0 Å². The highest BCUT2D eigenvalue weighted by Crippen LogP contribution is 2.55. The minimum Gasteiger partial charge on any atom is -0.378 e. The third kappa shape index (κ3) is 3.59. The molecule has 2 aliphatic heterocycles. The molecule has 1 atom stereocenters. The first-order valence-corrected chi connectivity index (χ1v) is 10.6. The average molecular weight is 384 g/mol. The number of carbonyl (C=O) groups excluding carboxylic acids is 1. The Balaban J connectivity index is 1.67. The van der Waals surface area contributed by atoms with E-state index in [4.69, 9.17) is 4.74 Å². The Labute approximate surface area is 164 Å². The van der Waals surface area contributed by atoms with Gasteiger partial charge in [-0.05, 0) is 25.0 Å². The van der Waals surface area contributed by atoms with E-state index in [0.717, 1.165) is 55.7 Å². The molecular weight excluding hydrogens is 358 g/mol. The first-order chi connectivity index (χ1) is 13.2. The van der Waals surface area contributed by atoms with Crippen LogP contribution in [0.15, 0.2) is 41.6 Å². The summed E-state index contributed by atoms with van der Waals surface area (Å²) in [6, 6.07) is 12.1. The van der Waals surface area contributed by atoms with Crippen LogP contribution in [0.5, 0.6) is 0 Å². The molecule has 5 nitrogen and oxygen atoms in total. The van der Waals surface area contributed by atoms with Gasteiger partial charge in [-0.25, -0.2) is 0 Å². The minimum atomic E-state index is -0.337. The van der Waals surface area contributed by atoms with Gasteiger partial charge in [0.2, 0.25) is 5.91 Å². The van der Waals surface area contributed by atoms with Crippen molar-refractivity contribution < 1.29 is 9.53 Å². The van der Waals surface area contributed by atoms with Crippen molar-refractivity contribution in [3.05, 3.63) is 41.6 Å². The topological polar surface area (TPSA) is 65.4 Å². The molecule has 27 heavy (non-hydrogen) atoms. The first-order valence-electron chi connectivity index (χ1n) is 9.75. The fourth-order valence-corrected chi connectivity index (χ4v) is 6.18. The molecule has 3 aliphatic rings. The summed E-state index contributed by atoms with van der Waals surface area (Å²) in [5.41, 5.74) is 2.57. The number of anilines is 1. The average Bonchev–Trinajstić information content (AvgIpc) is 3.03. The third-order valence-corrected chi connectivity index (χ3v) is 7.44. The van der Waals surface area contributed by atoms with Crippen LogP contribution in [-0.2, 0) is 9.53 Å². The molecule has 1 unspecified atom stereocenters. The van der Waals surface area contributed by atoms with Gasteiger partial charge in [-0.2, -0.15) is 5.26 Å². The van der Waals surface area contributed by atoms with Crippen LogP contribution in [0, 0.1) is 11.3 Å². The first kappa shape index (κ1) is 18.4. The van der Waals surface area contributed by atoms with Crippen LogP contribution in [0.2, 0.25) is 0 Å². The summed E-state index contributed by atoms with van der Waals surface area (Å²) in [7, 11) is 0. The number of nitrogens with one attached hydrogen (secondary N) is 1. The maximum atomic E-state index is 13.2. The van der Waals surface area contributed by atoms with Crippen molar-refractivity contribution >= 4 is 23.4 Å². The van der Waals surface area contributed by atoms with Crippen LogP contribution in [0.3, 0.4) is 0 Å². The number of amides is 1. The Kier molecular flexibility index (Phi) is 5.42. The van der Waals surface area contributed by atoms with E-state index in [2.05, 4.69) is 16.3 Å². The van der Waals surface area contributed by atoms with E-state index in [1.54, 1.807) is 11.8 Å². The maximum absolute atomic E-state index is 13.2. The summed E-state index contributed by atoms with van der Waals surface area (Å²) < 4.78 is 5.31. The van der Waals surface area contributed by atoms with Crippen LogP contribution in [0.4, 0.5) is 5.69 Å². The smallest absolute Gasteiger partial charge is 0.243 e. The fourth-order valence-electron chi connectivity index (χ4n) is 4.39. The predicted molar refractivity (Wildman–Crippen MR) is 107 cm³/mol. The highest BCUT2D eigenvalue weighted by Gasteiger charge is 2.51. The number of hydrogen-bond acceptors (Lipinski definition) is 5. The molecule has 1 amide bonds. The molecule has 1 saturated carbocycles. The number of nitriles is 1. The molecule has 142 valence electrons. The SMILES string of the molecule is N#CC1=C(N2CCOCC2)C(C(=O)Nc2ccccc2)SC12CCCCC2. The zero-order valence-corrected chi connectivity index (χ0v) is 16.3. The van der Waals surface area contributed by atoms with Crippen LogP contribution < -0.4 is 5.32 Å². The normalized spacial score (nSPS) is 24.7. The number of nitrogens with zero attached hydrogens (tertiary/aromatic N) is 2. The largest absolute Gasteiger partial charge is 0.378 e. The minimum absolute atomic E-state index is 0.0251. The Hall–Kier alpha value is -1.97. The highest BCUT2D eigenvalue weighted by molar-refractivity contribution is 8.02. The number of thioether (sulfide) groups is 1. The zero-order valence-electron chi connectivity index (χ0n) is 15.4. The van der Waals surface area contributed by atoms with Crippen molar-refractivity contribution in [1.29, 1.82) is 5.26 Å². The van der Waals surface area contributed by atoms with Crippen LogP contribution in [0.1, 0.15) is 32.1 Å². The number of para-hydroxylation sites is 1. The lowest BCUT2D eigenvalue weighted by Gasteiger charge is -2.33. The molecule has 4 rings (SSSR count). The molecule has 1 spiro atoms. The molecule has 6 heteroatoms. The van der Waals surface area contributed by atoms with Gasteiger partial charge < -0.3 is 15.0 Å². The van der Waals surface area contributed by atoms with Crippen molar-refractivity contribution in [3.8, 4) is 6.07 Å². The van der Waals surface area contributed by atoms with Gasteiger partial charge in [-0.3, -0.25) is 4.79 Å². The third-order valence-electron chi connectivity index (χ3n) is 5.71. The van der Waals surface area contributed by atoms with E-state index < -0.39 is 0 Å². The second kappa shape index (κ2) is 7.95. The van der Waals surface area contributed by atoms with E-state index in [-0.39, 0.29) is 15.9 Å². The van der Waals surface area contributed by atoms with Crippen LogP contribution >= 0.6 is 11.8 Å². The maximum Gasteiger partial charge on any atom is 0.243 e. The van der Waals surface area contributed by atoms with Gasteiger partial charge in [0.05, 0.1) is 35.3 Å². The molecule has 2 heterocycles. The van der Waals surface area contributed by atoms with Crippen molar-refractivity contribution in [2.24, 2.45) is 0 Å². The quantitative estimate of drug-likeness (QED) is 0.865. The number of morpholine rings is 1. The van der Waals surface area contributed by atoms with Crippen molar-refractivity contribution in [2.75, 3.05) is 31.6 Å². The second-order valence-electron chi connectivity index (χ2n) is 7.38. The highest BCUT2D eigenvalue weighted by atomic mass is 32.2. The lowest BCUT2D eigenvalue weighted by atomic mass is 9.82. The summed E-state index contributed by atoms with van der Waals surface area (Å²) in [6.45, 7) is 2.78. The van der Waals surface area contributed by atoms with Gasteiger partial charge in [0, 0.05) is 18.8 Å². The summed E-state index contributed by atoms with van der Waals surface area (Å²) in [6.07, 6.45) is 5.45. The molecule has 1 N–H and O–H groups in total. The molecule has 2 fully saturated rings. The van der Waals surface area contributed by atoms with E-state index in [1.807, 2.05) is 30.3 Å². The lowest BCUT2D eigenvalue weighted by Crippen LogP contribution is -2.41. The van der Waals surface area contributed by atoms with Gasteiger partial charge in [-0.1, -0.05) is 37.5 Å². The summed E-state index contributed by atoms with van der Waals surface area (Å²) >= 11 is 1.70. The van der Waals surface area contributed by atoms with Crippen LogP contribution in [0.25, 0.3) is 0 Å². The Morgan fingerprint density at radius 1 is 1.19 bits per heavy atom. The summed E-state index contributed by atoms with van der Waals surface area (Å²) in [5.74, 6) is -0.0251. The van der Waals surface area contributed by atoms with E-state index in [0.29, 0.717) is 13.2 Å². The van der Waals surface area contributed by atoms with Crippen LogP contribution in [-0.4, -0.2) is 47.1 Å². The van der Waals surface area contributed by atoms with E-state index in [1.165, 1.54) is 6.42 Å². The van der Waals surface area contributed by atoms with Crippen molar-refractivity contribution in [2.45, 2.75) is 42.1 Å². The molecule has 0 aromatic heterocycles. The van der Waals surface area contributed by atoms with Gasteiger partial charge in [0.1, 0.15) is 5.25 Å². The molecular formula is C21H25N3O2S. The number of carbonyl (C=O) groups is 1. The van der Waals surface area contributed by atoms with E-state index in [9.17, 15) is 10.1 Å². The van der Waals surface area contributed by atoms with Crippen molar-refractivity contribution in [1.82, 2.24) is 4.90 Å². The fraction of sp³-hybridized carbons (Fsp3) is 0.524. The van der Waals surface area contributed by atoms with Gasteiger partial charge in [-0.15, -0.1) is 11.8 Å². The summed E-state index contributed by atoms with van der Waals surface area (Å²) in [5, 5.41) is 12.8. The number of rotatable bonds is 3. The number of ether oxygens (including phenoxy) is 1. The number of hydrogen-bond donors (Lipinski definition) is 1. The summed E-state index contributed by atoms with van der Waals surface area (Å²) in [4.78, 5) is 15.4. The Morgan fingerprint density at radius 3 is 2.56 bits per heavy atom. The molecule has 0 radical (unpaired) electrons.